The van der Waals surface area contributed by atoms with Crippen LogP contribution in [0, 0.1) is 5.82 Å². The summed E-state index contributed by atoms with van der Waals surface area (Å²) in [5.41, 5.74) is 3.76. The molecule has 2 atom stereocenters. The summed E-state index contributed by atoms with van der Waals surface area (Å²) in [5, 5.41) is 6.89. The number of rotatable bonds is 4. The van der Waals surface area contributed by atoms with E-state index in [0.717, 1.165) is 32.6 Å². The molecular weight excluding hydrogens is 463 g/mol. The molecule has 0 spiro atoms. The van der Waals surface area contributed by atoms with Crippen molar-refractivity contribution in [1.29, 1.82) is 0 Å². The second-order valence-corrected chi connectivity index (χ2v) is 8.34. The van der Waals surface area contributed by atoms with Gasteiger partial charge in [0.2, 0.25) is 6.23 Å². The highest BCUT2D eigenvalue weighted by atomic mass is 79.9. The van der Waals surface area contributed by atoms with Gasteiger partial charge in [-0.1, -0.05) is 28.1 Å². The summed E-state index contributed by atoms with van der Waals surface area (Å²) in [6.45, 7) is 0. The van der Waals surface area contributed by atoms with Crippen molar-refractivity contribution in [2.75, 3.05) is 14.2 Å². The number of halogens is 2. The lowest BCUT2D eigenvalue weighted by atomic mass is 9.96. The average molecular weight is 483 g/mol. The first-order valence-corrected chi connectivity index (χ1v) is 10.7. The maximum atomic E-state index is 13.4. The highest BCUT2D eigenvalue weighted by molar-refractivity contribution is 9.10. The summed E-state index contributed by atoms with van der Waals surface area (Å²) in [5.74, 6) is 1.84. The van der Waals surface area contributed by atoms with Crippen LogP contribution in [0.1, 0.15) is 35.4 Å². The molecule has 2 aliphatic heterocycles. The van der Waals surface area contributed by atoms with Crippen LogP contribution in [0.2, 0.25) is 0 Å². The molecule has 3 aromatic rings. The SMILES string of the molecule is COc1ccc(C2Oc3ccc(Br)cc3C3CC(c4ccc(F)cc4)=NN32)cc1OC. The zero-order valence-electron chi connectivity index (χ0n) is 17.0. The van der Waals surface area contributed by atoms with Crippen LogP contribution in [0.5, 0.6) is 17.2 Å². The van der Waals surface area contributed by atoms with Crippen LogP contribution in [-0.4, -0.2) is 24.9 Å². The molecule has 3 aromatic carbocycles. The van der Waals surface area contributed by atoms with E-state index < -0.39 is 6.23 Å². The van der Waals surface area contributed by atoms with E-state index in [1.807, 2.05) is 35.3 Å². The van der Waals surface area contributed by atoms with Crippen LogP contribution in [0.3, 0.4) is 0 Å². The van der Waals surface area contributed by atoms with Crippen molar-refractivity contribution in [3.05, 3.63) is 87.6 Å². The summed E-state index contributed by atoms with van der Waals surface area (Å²) >= 11 is 3.57. The summed E-state index contributed by atoms with van der Waals surface area (Å²) in [6.07, 6.45) is 0.263. The molecule has 7 heteroatoms. The molecule has 0 N–H and O–H groups in total. The molecule has 0 saturated heterocycles. The third-order valence-electron chi connectivity index (χ3n) is 5.62. The number of benzene rings is 3. The third kappa shape index (κ3) is 3.53. The van der Waals surface area contributed by atoms with Crippen LogP contribution < -0.4 is 14.2 Å². The highest BCUT2D eigenvalue weighted by Crippen LogP contribution is 2.48. The third-order valence-corrected chi connectivity index (χ3v) is 6.12. The van der Waals surface area contributed by atoms with Gasteiger partial charge >= 0.3 is 0 Å². The minimum Gasteiger partial charge on any atom is -0.493 e. The van der Waals surface area contributed by atoms with Crippen molar-refractivity contribution in [2.24, 2.45) is 5.10 Å². The van der Waals surface area contributed by atoms with Gasteiger partial charge in [0.1, 0.15) is 11.6 Å². The Balaban J connectivity index is 1.60. The van der Waals surface area contributed by atoms with Gasteiger partial charge in [0.05, 0.1) is 26.0 Å². The van der Waals surface area contributed by atoms with E-state index >= 15 is 0 Å². The van der Waals surface area contributed by atoms with Gasteiger partial charge in [-0.3, -0.25) is 0 Å². The monoisotopic (exact) mass is 482 g/mol. The largest absolute Gasteiger partial charge is 0.493 e. The molecule has 2 unspecified atom stereocenters. The Labute approximate surface area is 188 Å². The quantitative estimate of drug-likeness (QED) is 0.467. The fourth-order valence-electron chi connectivity index (χ4n) is 4.10. The Morgan fingerprint density at radius 1 is 1.00 bits per heavy atom. The molecule has 0 amide bonds. The van der Waals surface area contributed by atoms with Crippen LogP contribution >= 0.6 is 15.9 Å². The zero-order chi connectivity index (χ0) is 21.5. The van der Waals surface area contributed by atoms with Crippen LogP contribution in [-0.2, 0) is 0 Å². The number of hydrogen-bond acceptors (Lipinski definition) is 5. The van der Waals surface area contributed by atoms with Crippen LogP contribution in [0.15, 0.2) is 70.2 Å². The van der Waals surface area contributed by atoms with Gasteiger partial charge in [0.25, 0.3) is 0 Å². The molecule has 0 fully saturated rings. The number of nitrogens with zero attached hydrogens (tertiary/aromatic N) is 2. The van der Waals surface area contributed by atoms with E-state index in [9.17, 15) is 4.39 Å². The lowest BCUT2D eigenvalue weighted by molar-refractivity contribution is -0.0192. The van der Waals surface area contributed by atoms with Crippen LogP contribution in [0.4, 0.5) is 4.39 Å². The second-order valence-electron chi connectivity index (χ2n) is 7.42. The smallest absolute Gasteiger partial charge is 0.214 e. The fourth-order valence-corrected chi connectivity index (χ4v) is 4.48. The molecule has 5 rings (SSSR count). The maximum Gasteiger partial charge on any atom is 0.214 e. The number of hydrogen-bond donors (Lipinski definition) is 0. The van der Waals surface area contributed by atoms with Crippen molar-refractivity contribution < 1.29 is 18.6 Å². The Hall–Kier alpha value is -3.06. The first-order valence-electron chi connectivity index (χ1n) is 9.87. The van der Waals surface area contributed by atoms with E-state index in [-0.39, 0.29) is 11.9 Å². The highest BCUT2D eigenvalue weighted by Gasteiger charge is 2.41. The summed E-state index contributed by atoms with van der Waals surface area (Å²) in [7, 11) is 3.22. The second kappa shape index (κ2) is 7.89. The standard InChI is InChI=1S/C24H20BrFN2O3/c1-29-22-9-5-15(11-23(22)30-2)24-28-20(18-12-16(25)6-10-21(18)31-24)13-19(27-28)14-3-7-17(26)8-4-14/h3-12,20,24H,13H2,1-2H3. The van der Waals surface area contributed by atoms with Gasteiger partial charge in [0, 0.05) is 22.0 Å². The molecule has 0 bridgehead atoms. The van der Waals surface area contributed by atoms with E-state index in [1.165, 1.54) is 12.1 Å². The first kappa shape index (κ1) is 19.9. The van der Waals surface area contributed by atoms with E-state index in [2.05, 4.69) is 22.0 Å². The van der Waals surface area contributed by atoms with Gasteiger partial charge in [-0.25, -0.2) is 9.40 Å². The molecular formula is C24H20BrFN2O3. The first-order chi connectivity index (χ1) is 15.1. The van der Waals surface area contributed by atoms with Crippen molar-refractivity contribution in [1.82, 2.24) is 5.01 Å². The topological polar surface area (TPSA) is 43.3 Å². The normalized spacial score (nSPS) is 19.2. The van der Waals surface area contributed by atoms with Gasteiger partial charge in [0.15, 0.2) is 11.5 Å². The van der Waals surface area contributed by atoms with Gasteiger partial charge in [-0.15, -0.1) is 0 Å². The fraction of sp³-hybridized carbons (Fsp3) is 0.208. The number of hydrazone groups is 1. The predicted molar refractivity (Wildman–Crippen MR) is 119 cm³/mol. The molecule has 0 radical (unpaired) electrons. The predicted octanol–water partition coefficient (Wildman–Crippen LogP) is 5.85. The molecule has 31 heavy (non-hydrogen) atoms. The average Bonchev–Trinajstić information content (AvgIpc) is 3.24. The summed E-state index contributed by atoms with van der Waals surface area (Å²) < 4.78 is 31.7. The Bertz CT molecular complexity index is 1170. The number of ether oxygens (including phenoxy) is 3. The van der Waals surface area contributed by atoms with Crippen molar-refractivity contribution in [3.8, 4) is 17.2 Å². The van der Waals surface area contributed by atoms with Gasteiger partial charge in [-0.2, -0.15) is 5.10 Å². The van der Waals surface area contributed by atoms with E-state index in [0.29, 0.717) is 17.9 Å². The zero-order valence-corrected chi connectivity index (χ0v) is 18.6. The lowest BCUT2D eigenvalue weighted by Gasteiger charge is -2.38. The molecule has 2 heterocycles. The lowest BCUT2D eigenvalue weighted by Crippen LogP contribution is -2.33. The van der Waals surface area contributed by atoms with Crippen molar-refractivity contribution >= 4 is 21.6 Å². The van der Waals surface area contributed by atoms with Crippen molar-refractivity contribution in [2.45, 2.75) is 18.7 Å². The summed E-state index contributed by atoms with van der Waals surface area (Å²) in [6, 6.07) is 18.2. The Morgan fingerprint density at radius 2 is 1.77 bits per heavy atom. The Kier molecular flexibility index (Phi) is 5.06. The van der Waals surface area contributed by atoms with Crippen LogP contribution in [0.25, 0.3) is 0 Å². The summed E-state index contributed by atoms with van der Waals surface area (Å²) in [4.78, 5) is 0. The van der Waals surface area contributed by atoms with Crippen molar-refractivity contribution in [3.63, 3.8) is 0 Å². The number of methoxy groups -OCH3 is 2. The molecule has 158 valence electrons. The molecule has 0 aliphatic carbocycles. The number of fused-ring (bicyclic) bond motifs is 3. The van der Waals surface area contributed by atoms with E-state index in [4.69, 9.17) is 19.3 Å². The Morgan fingerprint density at radius 3 is 2.52 bits per heavy atom. The van der Waals surface area contributed by atoms with Gasteiger partial charge in [-0.05, 0) is 54.1 Å². The minimum atomic E-state index is -0.434. The molecule has 5 nitrogen and oxygen atoms in total. The molecule has 0 aromatic heterocycles. The molecule has 2 aliphatic rings. The minimum absolute atomic E-state index is 0.000556. The maximum absolute atomic E-state index is 13.4. The van der Waals surface area contributed by atoms with Gasteiger partial charge < -0.3 is 14.2 Å². The van der Waals surface area contributed by atoms with E-state index in [1.54, 1.807) is 26.4 Å². The molecule has 0 saturated carbocycles.